The molecule has 20 heteroatoms. The third-order valence-electron chi connectivity index (χ3n) is 5.95. The van der Waals surface area contributed by atoms with Crippen LogP contribution < -0.4 is 0 Å². The Kier molecular flexibility index (Phi) is 19.0. The lowest BCUT2D eigenvalue weighted by molar-refractivity contribution is -0.190. The van der Waals surface area contributed by atoms with Gasteiger partial charge in [-0.1, -0.05) is 0 Å². The number of esters is 8. The third-order valence-corrected chi connectivity index (χ3v) is 5.95. The summed E-state index contributed by atoms with van der Waals surface area (Å²) in [6.07, 6.45) is -12.9. The van der Waals surface area contributed by atoms with E-state index in [1.165, 1.54) is 0 Å². The number of rotatable bonds is 20. The molecule has 20 nitrogen and oxygen atoms in total. The van der Waals surface area contributed by atoms with Crippen molar-refractivity contribution in [2.24, 2.45) is 5.41 Å². The molecule has 4 N–H and O–H groups in total. The Balaban J connectivity index is 6.43. The van der Waals surface area contributed by atoms with E-state index in [-0.39, 0.29) is 0 Å². The third kappa shape index (κ3) is 16.5. The lowest BCUT2D eigenvalue weighted by Crippen LogP contribution is -2.47. The molecule has 0 fully saturated rings. The summed E-state index contributed by atoms with van der Waals surface area (Å²) in [5.41, 5.74) is -2.04. The van der Waals surface area contributed by atoms with Gasteiger partial charge in [0.15, 0.2) is 24.4 Å². The van der Waals surface area contributed by atoms with Gasteiger partial charge in [0.2, 0.25) is 0 Å². The van der Waals surface area contributed by atoms with Crippen LogP contribution in [0.2, 0.25) is 0 Å². The Morgan fingerprint density at radius 3 is 0.673 bits per heavy atom. The normalized spacial score (nSPS) is 17.1. The zero-order chi connectivity index (χ0) is 38.2. The average Bonchev–Trinajstić information content (AvgIpc) is 3.02. The van der Waals surface area contributed by atoms with E-state index in [2.05, 4.69) is 0 Å². The summed E-state index contributed by atoms with van der Waals surface area (Å²) in [6, 6.07) is 0. The zero-order valence-corrected chi connectivity index (χ0v) is 28.3. The van der Waals surface area contributed by atoms with Crippen LogP contribution in [0.4, 0.5) is 0 Å². The van der Waals surface area contributed by atoms with E-state index in [4.69, 9.17) is 37.9 Å². The minimum absolute atomic E-state index is 0.929. The molecule has 0 spiro atoms. The summed E-state index contributed by atoms with van der Waals surface area (Å²) in [7, 11) is 0. The molecule has 280 valence electrons. The fourth-order valence-electron chi connectivity index (χ4n) is 2.90. The van der Waals surface area contributed by atoms with Crippen molar-refractivity contribution in [3.8, 4) is 0 Å². The summed E-state index contributed by atoms with van der Waals surface area (Å²) in [4.78, 5) is 97.7. The fourth-order valence-corrected chi connectivity index (χ4v) is 2.90. The van der Waals surface area contributed by atoms with E-state index in [0.29, 0.717) is 0 Å². The van der Waals surface area contributed by atoms with Gasteiger partial charge in [0.05, 0.1) is 0 Å². The lowest BCUT2D eigenvalue weighted by atomic mass is 9.92. The highest BCUT2D eigenvalue weighted by Crippen LogP contribution is 2.23. The number of aliphatic hydroxyl groups is 4. The van der Waals surface area contributed by atoms with Crippen LogP contribution in [-0.4, -0.2) is 143 Å². The molecular formula is C29H44O20. The van der Waals surface area contributed by atoms with Crippen molar-refractivity contribution in [3.63, 3.8) is 0 Å². The van der Waals surface area contributed by atoms with E-state index >= 15 is 0 Å². The summed E-state index contributed by atoms with van der Waals surface area (Å²) >= 11 is 0. The van der Waals surface area contributed by atoms with Gasteiger partial charge in [0.1, 0.15) is 56.3 Å². The molecule has 0 aromatic heterocycles. The van der Waals surface area contributed by atoms with Crippen molar-refractivity contribution in [2.75, 3.05) is 26.4 Å². The summed E-state index contributed by atoms with van der Waals surface area (Å²) in [6.45, 7) is 4.90. The first-order valence-corrected chi connectivity index (χ1v) is 14.7. The maximum atomic E-state index is 12.7. The maximum absolute atomic E-state index is 12.7. The quantitative estimate of drug-likeness (QED) is 0.0743. The van der Waals surface area contributed by atoms with Crippen molar-refractivity contribution in [1.82, 2.24) is 0 Å². The minimum Gasteiger partial charge on any atom is -0.462 e. The first-order valence-electron chi connectivity index (χ1n) is 14.7. The van der Waals surface area contributed by atoms with Crippen LogP contribution in [-0.2, 0) is 76.3 Å². The standard InChI is InChI=1S/C29H44O20/c1-13(30)21(34)46-17(5)25(38)42-9-29(10-43-26(39)18(6)47-22(35)14(2)31,11-44-27(40)19(7)48-23(36)15(3)32)12-45-28(41)20(8)49-24(37)16(4)33/h13-20,30-33H,9-12H2,1-8H3. The van der Waals surface area contributed by atoms with Crippen molar-refractivity contribution < 1.29 is 96.7 Å². The molecule has 0 radical (unpaired) electrons. The van der Waals surface area contributed by atoms with Gasteiger partial charge in [-0.2, -0.15) is 0 Å². The van der Waals surface area contributed by atoms with Crippen LogP contribution in [0.1, 0.15) is 55.4 Å². The van der Waals surface area contributed by atoms with E-state index in [0.717, 1.165) is 55.4 Å². The molecule has 8 atom stereocenters. The van der Waals surface area contributed by atoms with Gasteiger partial charge >= 0.3 is 47.8 Å². The van der Waals surface area contributed by atoms with Gasteiger partial charge in [-0.3, -0.25) is 0 Å². The van der Waals surface area contributed by atoms with E-state index in [9.17, 15) is 58.8 Å². The molecule has 0 aliphatic rings. The molecule has 8 unspecified atom stereocenters. The minimum atomic E-state index is -2.04. The highest BCUT2D eigenvalue weighted by molar-refractivity contribution is 5.83. The second kappa shape index (κ2) is 20.9. The average molecular weight is 713 g/mol. The number of carbonyl (C=O) groups is 8. The lowest BCUT2D eigenvalue weighted by Gasteiger charge is -2.32. The molecule has 0 aliphatic carbocycles. The summed E-state index contributed by atoms with van der Waals surface area (Å²) < 4.78 is 39.8. The predicted octanol–water partition coefficient (Wildman–Crippen LogP) is -2.60. The first-order chi connectivity index (χ1) is 22.5. The molecule has 0 rings (SSSR count). The Morgan fingerprint density at radius 2 is 0.531 bits per heavy atom. The van der Waals surface area contributed by atoms with E-state index in [1.54, 1.807) is 0 Å². The van der Waals surface area contributed by atoms with E-state index in [1.807, 2.05) is 0 Å². The molecule has 0 aromatic carbocycles. The molecule has 0 saturated heterocycles. The van der Waals surface area contributed by atoms with Crippen molar-refractivity contribution in [3.05, 3.63) is 0 Å². The molecule has 0 bridgehead atoms. The second-order valence-corrected chi connectivity index (χ2v) is 11.0. The Morgan fingerprint density at radius 1 is 0.367 bits per heavy atom. The molecule has 0 heterocycles. The molecule has 0 aliphatic heterocycles. The van der Waals surface area contributed by atoms with Crippen molar-refractivity contribution in [1.29, 1.82) is 0 Å². The van der Waals surface area contributed by atoms with Gasteiger partial charge in [-0.15, -0.1) is 0 Å². The maximum Gasteiger partial charge on any atom is 0.347 e. The largest absolute Gasteiger partial charge is 0.462 e. The van der Waals surface area contributed by atoms with Crippen LogP contribution in [0.5, 0.6) is 0 Å². The topological polar surface area (TPSA) is 291 Å². The predicted molar refractivity (Wildman–Crippen MR) is 155 cm³/mol. The number of aliphatic hydroxyl groups excluding tert-OH is 4. The van der Waals surface area contributed by atoms with Crippen LogP contribution in [0.3, 0.4) is 0 Å². The fraction of sp³-hybridized carbons (Fsp3) is 0.724. The Bertz CT molecular complexity index is 993. The number of hydrogen-bond acceptors (Lipinski definition) is 20. The highest BCUT2D eigenvalue weighted by atomic mass is 16.6. The van der Waals surface area contributed by atoms with Gasteiger partial charge in [0, 0.05) is 0 Å². The molecule has 49 heavy (non-hydrogen) atoms. The van der Waals surface area contributed by atoms with Crippen molar-refractivity contribution >= 4 is 47.8 Å². The van der Waals surface area contributed by atoms with Gasteiger partial charge < -0.3 is 58.3 Å². The zero-order valence-electron chi connectivity index (χ0n) is 28.3. The number of hydrogen-bond donors (Lipinski definition) is 4. The Hall–Kier alpha value is -4.40. The summed E-state index contributed by atoms with van der Waals surface area (Å²) in [5, 5.41) is 37.4. The molecule has 0 saturated carbocycles. The van der Waals surface area contributed by atoms with Crippen LogP contribution in [0.15, 0.2) is 0 Å². The smallest absolute Gasteiger partial charge is 0.347 e. The SMILES string of the molecule is CC(O)C(=O)OC(C)C(=O)OCC(COC(=O)C(C)OC(=O)C(C)O)(COC(=O)C(C)OC(=O)C(C)O)COC(=O)C(C)OC(=O)C(C)O. The monoisotopic (exact) mass is 712 g/mol. The molecular weight excluding hydrogens is 668 g/mol. The van der Waals surface area contributed by atoms with Gasteiger partial charge in [0.25, 0.3) is 0 Å². The number of carbonyl (C=O) groups excluding carboxylic acids is 8. The van der Waals surface area contributed by atoms with Crippen LogP contribution >= 0.6 is 0 Å². The van der Waals surface area contributed by atoms with E-state index < -0.39 is 128 Å². The second-order valence-electron chi connectivity index (χ2n) is 11.0. The number of ether oxygens (including phenoxy) is 8. The van der Waals surface area contributed by atoms with Gasteiger partial charge in [-0.05, 0) is 55.4 Å². The molecule has 0 amide bonds. The Labute approximate surface area is 280 Å². The van der Waals surface area contributed by atoms with Crippen LogP contribution in [0.25, 0.3) is 0 Å². The summed E-state index contributed by atoms with van der Waals surface area (Å²) in [5.74, 6) is -9.69. The molecule has 0 aromatic rings. The highest BCUT2D eigenvalue weighted by Gasteiger charge is 2.41. The van der Waals surface area contributed by atoms with Crippen LogP contribution in [0, 0.1) is 5.41 Å². The first kappa shape index (κ1) is 44.6. The van der Waals surface area contributed by atoms with Gasteiger partial charge in [-0.25, -0.2) is 38.4 Å². The van der Waals surface area contributed by atoms with Crippen molar-refractivity contribution in [2.45, 2.75) is 104 Å².